The quantitative estimate of drug-likeness (QED) is 0.782. The summed E-state index contributed by atoms with van der Waals surface area (Å²) >= 11 is 0. The number of aryl methyl sites for hydroxylation is 1. The Labute approximate surface area is 110 Å². The Morgan fingerprint density at radius 1 is 1.33 bits per heavy atom. The highest BCUT2D eigenvalue weighted by atomic mass is 16.1. The number of rotatable bonds is 5. The Morgan fingerprint density at radius 3 is 2.56 bits per heavy atom. The SMILES string of the molecule is Cc1ccc(C(C)(C)C)cc1CCNCC(N)=O. The number of nitrogens with two attached hydrogens (primary N) is 1. The summed E-state index contributed by atoms with van der Waals surface area (Å²) in [6.45, 7) is 9.79. The van der Waals surface area contributed by atoms with E-state index >= 15 is 0 Å². The van der Waals surface area contributed by atoms with Gasteiger partial charge in [0.05, 0.1) is 6.54 Å². The minimum Gasteiger partial charge on any atom is -0.369 e. The topological polar surface area (TPSA) is 55.1 Å². The van der Waals surface area contributed by atoms with E-state index in [9.17, 15) is 4.79 Å². The lowest BCUT2D eigenvalue weighted by molar-refractivity contribution is -0.117. The molecule has 1 amide bonds. The van der Waals surface area contributed by atoms with Crippen LogP contribution in [0.1, 0.15) is 37.5 Å². The first-order valence-electron chi connectivity index (χ1n) is 6.40. The second kappa shape index (κ2) is 6.01. The molecule has 0 bridgehead atoms. The predicted molar refractivity (Wildman–Crippen MR) is 75.6 cm³/mol. The van der Waals surface area contributed by atoms with Crippen LogP contribution in [-0.4, -0.2) is 19.0 Å². The number of amides is 1. The molecular formula is C15H24N2O. The van der Waals surface area contributed by atoms with Crippen molar-refractivity contribution in [3.63, 3.8) is 0 Å². The maximum atomic E-state index is 10.6. The summed E-state index contributed by atoms with van der Waals surface area (Å²) in [4.78, 5) is 10.6. The molecule has 3 nitrogen and oxygen atoms in total. The van der Waals surface area contributed by atoms with Crippen LogP contribution < -0.4 is 11.1 Å². The second-order valence-corrected chi connectivity index (χ2v) is 5.78. The first kappa shape index (κ1) is 14.7. The molecule has 0 saturated heterocycles. The molecular weight excluding hydrogens is 224 g/mol. The van der Waals surface area contributed by atoms with E-state index in [1.807, 2.05) is 0 Å². The lowest BCUT2D eigenvalue weighted by atomic mass is 9.85. The van der Waals surface area contributed by atoms with Crippen molar-refractivity contribution in [2.24, 2.45) is 5.73 Å². The van der Waals surface area contributed by atoms with Crippen molar-refractivity contribution in [2.45, 2.75) is 39.5 Å². The molecule has 0 fully saturated rings. The third-order valence-electron chi connectivity index (χ3n) is 3.09. The second-order valence-electron chi connectivity index (χ2n) is 5.78. The van der Waals surface area contributed by atoms with Gasteiger partial charge < -0.3 is 11.1 Å². The molecule has 1 rings (SSSR count). The van der Waals surface area contributed by atoms with Crippen molar-refractivity contribution in [3.8, 4) is 0 Å². The molecule has 3 heteroatoms. The average molecular weight is 248 g/mol. The monoisotopic (exact) mass is 248 g/mol. The molecule has 0 radical (unpaired) electrons. The molecule has 0 aliphatic rings. The van der Waals surface area contributed by atoms with Crippen LogP contribution in [0, 0.1) is 6.92 Å². The first-order chi connectivity index (χ1) is 8.30. The summed E-state index contributed by atoms with van der Waals surface area (Å²) in [5.41, 5.74) is 9.22. The molecule has 18 heavy (non-hydrogen) atoms. The molecule has 0 aromatic heterocycles. The molecule has 100 valence electrons. The molecule has 3 N–H and O–H groups in total. The molecule has 0 unspecified atom stereocenters. The summed E-state index contributed by atoms with van der Waals surface area (Å²) in [6.07, 6.45) is 0.920. The summed E-state index contributed by atoms with van der Waals surface area (Å²) in [5.74, 6) is -0.310. The first-order valence-corrected chi connectivity index (χ1v) is 6.40. The fourth-order valence-corrected chi connectivity index (χ4v) is 1.84. The van der Waals surface area contributed by atoms with Gasteiger partial charge in [0.2, 0.25) is 5.91 Å². The van der Waals surface area contributed by atoms with Gasteiger partial charge >= 0.3 is 0 Å². The number of nitrogens with one attached hydrogen (secondary N) is 1. The van der Waals surface area contributed by atoms with Gasteiger partial charge in [0.15, 0.2) is 0 Å². The zero-order valence-electron chi connectivity index (χ0n) is 11.8. The van der Waals surface area contributed by atoms with E-state index in [0.29, 0.717) is 0 Å². The number of benzene rings is 1. The van der Waals surface area contributed by atoms with Gasteiger partial charge in [-0.15, -0.1) is 0 Å². The summed E-state index contributed by atoms with van der Waals surface area (Å²) in [7, 11) is 0. The highest BCUT2D eigenvalue weighted by molar-refractivity contribution is 5.75. The molecule has 0 saturated carbocycles. The van der Waals surface area contributed by atoms with Crippen LogP contribution in [0.2, 0.25) is 0 Å². The Morgan fingerprint density at radius 2 is 2.00 bits per heavy atom. The summed E-state index contributed by atoms with van der Waals surface area (Å²) in [6, 6.07) is 6.63. The normalized spacial score (nSPS) is 11.6. The van der Waals surface area contributed by atoms with Crippen molar-refractivity contribution in [1.29, 1.82) is 0 Å². The standard InChI is InChI=1S/C15H24N2O/c1-11-5-6-13(15(2,3)4)9-12(11)7-8-17-10-14(16)18/h5-6,9,17H,7-8,10H2,1-4H3,(H2,16,18). The molecule has 0 heterocycles. The van der Waals surface area contributed by atoms with Crippen LogP contribution in [-0.2, 0) is 16.6 Å². The zero-order chi connectivity index (χ0) is 13.8. The van der Waals surface area contributed by atoms with Crippen molar-refractivity contribution >= 4 is 5.91 Å². The fraction of sp³-hybridized carbons (Fsp3) is 0.533. The minimum atomic E-state index is -0.310. The Kier molecular flexibility index (Phi) is 4.91. The van der Waals surface area contributed by atoms with Crippen LogP contribution in [0.15, 0.2) is 18.2 Å². The molecule has 1 aromatic carbocycles. The van der Waals surface area contributed by atoms with E-state index in [1.165, 1.54) is 16.7 Å². The van der Waals surface area contributed by atoms with Crippen molar-refractivity contribution in [2.75, 3.05) is 13.1 Å². The van der Waals surface area contributed by atoms with Crippen LogP contribution >= 0.6 is 0 Å². The Hall–Kier alpha value is -1.35. The third kappa shape index (κ3) is 4.49. The fourth-order valence-electron chi connectivity index (χ4n) is 1.84. The lowest BCUT2D eigenvalue weighted by Crippen LogP contribution is -2.30. The van der Waals surface area contributed by atoms with E-state index in [-0.39, 0.29) is 17.9 Å². The van der Waals surface area contributed by atoms with Crippen LogP contribution in [0.3, 0.4) is 0 Å². The minimum absolute atomic E-state index is 0.170. The summed E-state index contributed by atoms with van der Waals surface area (Å²) in [5, 5.41) is 3.04. The van der Waals surface area contributed by atoms with Crippen LogP contribution in [0.5, 0.6) is 0 Å². The summed E-state index contributed by atoms with van der Waals surface area (Å²) < 4.78 is 0. The average Bonchev–Trinajstić information content (AvgIpc) is 2.24. The maximum absolute atomic E-state index is 10.6. The number of carbonyl (C=O) groups is 1. The van der Waals surface area contributed by atoms with E-state index in [1.54, 1.807) is 0 Å². The van der Waals surface area contributed by atoms with Crippen molar-refractivity contribution in [3.05, 3.63) is 34.9 Å². The number of primary amides is 1. The maximum Gasteiger partial charge on any atom is 0.231 e. The number of hydrogen-bond donors (Lipinski definition) is 2. The third-order valence-corrected chi connectivity index (χ3v) is 3.09. The smallest absolute Gasteiger partial charge is 0.231 e. The molecule has 0 aliphatic carbocycles. The van der Waals surface area contributed by atoms with Gasteiger partial charge in [-0.1, -0.05) is 39.0 Å². The van der Waals surface area contributed by atoms with Gasteiger partial charge in [0, 0.05) is 0 Å². The van der Waals surface area contributed by atoms with E-state index in [4.69, 9.17) is 5.73 Å². The van der Waals surface area contributed by atoms with Crippen LogP contribution in [0.4, 0.5) is 0 Å². The highest BCUT2D eigenvalue weighted by Gasteiger charge is 2.14. The molecule has 0 spiro atoms. The van der Waals surface area contributed by atoms with Gasteiger partial charge in [-0.2, -0.15) is 0 Å². The van der Waals surface area contributed by atoms with Crippen LogP contribution in [0.25, 0.3) is 0 Å². The van der Waals surface area contributed by atoms with E-state index in [2.05, 4.69) is 51.2 Å². The van der Waals surface area contributed by atoms with E-state index in [0.717, 1.165) is 13.0 Å². The zero-order valence-corrected chi connectivity index (χ0v) is 11.8. The Bertz CT molecular complexity index is 419. The van der Waals surface area contributed by atoms with Gasteiger partial charge in [-0.3, -0.25) is 4.79 Å². The van der Waals surface area contributed by atoms with Gasteiger partial charge in [-0.05, 0) is 42.0 Å². The highest BCUT2D eigenvalue weighted by Crippen LogP contribution is 2.24. The molecule has 0 atom stereocenters. The van der Waals surface area contributed by atoms with Gasteiger partial charge in [0.25, 0.3) is 0 Å². The van der Waals surface area contributed by atoms with Crippen molar-refractivity contribution in [1.82, 2.24) is 5.32 Å². The van der Waals surface area contributed by atoms with Gasteiger partial charge in [-0.25, -0.2) is 0 Å². The number of carbonyl (C=O) groups excluding carboxylic acids is 1. The van der Waals surface area contributed by atoms with Gasteiger partial charge in [0.1, 0.15) is 0 Å². The van der Waals surface area contributed by atoms with E-state index < -0.39 is 0 Å². The predicted octanol–water partition coefficient (Wildman–Crippen LogP) is 1.91. The molecule has 1 aromatic rings. The largest absolute Gasteiger partial charge is 0.369 e. The Balaban J connectivity index is 2.67. The van der Waals surface area contributed by atoms with Crippen molar-refractivity contribution < 1.29 is 4.79 Å². The lowest BCUT2D eigenvalue weighted by Gasteiger charge is -2.21. The number of hydrogen-bond acceptors (Lipinski definition) is 2. The molecule has 0 aliphatic heterocycles.